The predicted molar refractivity (Wildman–Crippen MR) is 135 cm³/mol. The van der Waals surface area contributed by atoms with Crippen LogP contribution in [0.1, 0.15) is 44.7 Å². The third-order valence-corrected chi connectivity index (χ3v) is 10.8. The summed E-state index contributed by atoms with van der Waals surface area (Å²) >= 11 is 0. The Morgan fingerprint density at radius 2 is 1.44 bits per heavy atom. The molecule has 0 radical (unpaired) electrons. The van der Waals surface area contributed by atoms with Crippen molar-refractivity contribution in [2.45, 2.75) is 58.3 Å². The van der Waals surface area contributed by atoms with Gasteiger partial charge >= 0.3 is 8.02 Å². The lowest BCUT2D eigenvalue weighted by atomic mass is 9.73. The fourth-order valence-corrected chi connectivity index (χ4v) is 9.04. The average Bonchev–Trinajstić information content (AvgIpc) is 3.02. The molecule has 0 aromatic heterocycles. The lowest BCUT2D eigenvalue weighted by Crippen LogP contribution is -2.67. The van der Waals surface area contributed by atoms with E-state index in [-0.39, 0.29) is 28.5 Å². The molecule has 178 valence electrons. The highest BCUT2D eigenvalue weighted by atomic mass is 31.2. The molecule has 5 rings (SSSR count). The fraction of sp³-hybridized carbons (Fsp3) is 0.357. The van der Waals surface area contributed by atoms with Gasteiger partial charge < -0.3 is 14.5 Å². The van der Waals surface area contributed by atoms with E-state index in [1.165, 1.54) is 0 Å². The topological polar surface area (TPSA) is 59.0 Å². The van der Waals surface area contributed by atoms with Gasteiger partial charge in [0, 0.05) is 5.41 Å². The molecular weight excluding hydrogens is 443 g/mol. The molecule has 3 unspecified atom stereocenters. The van der Waals surface area contributed by atoms with E-state index >= 15 is 4.89 Å². The second kappa shape index (κ2) is 8.66. The summed E-state index contributed by atoms with van der Waals surface area (Å²) in [4.78, 5) is 15.3. The summed E-state index contributed by atoms with van der Waals surface area (Å²) in [5.74, 6) is 0.254. The Morgan fingerprint density at radius 3 is 2.06 bits per heavy atom. The summed E-state index contributed by atoms with van der Waals surface area (Å²) in [6.07, 6.45) is 1.87. The molecule has 0 spiro atoms. The zero-order chi connectivity index (χ0) is 24.0. The van der Waals surface area contributed by atoms with Crippen LogP contribution in [0.25, 0.3) is 0 Å². The maximum Gasteiger partial charge on any atom is 0.304 e. The Bertz CT molecular complexity index is 1140. The van der Waals surface area contributed by atoms with Crippen LogP contribution >= 0.6 is 8.02 Å². The molecule has 1 heterocycles. The number of benzene rings is 3. The quantitative estimate of drug-likeness (QED) is 0.458. The normalized spacial score (nSPS) is 28.6. The van der Waals surface area contributed by atoms with Crippen molar-refractivity contribution in [3.8, 4) is 11.5 Å². The van der Waals surface area contributed by atoms with Crippen LogP contribution in [0.5, 0.6) is 11.5 Å². The van der Waals surface area contributed by atoms with Crippen molar-refractivity contribution in [3.63, 3.8) is 0 Å². The summed E-state index contributed by atoms with van der Waals surface area (Å²) in [7, 11) is -3.60. The first-order valence-electron chi connectivity index (χ1n) is 12.0. The van der Waals surface area contributed by atoms with Gasteiger partial charge in [-0.15, -0.1) is 9.34 Å². The largest absolute Gasteiger partial charge is 0.618 e. The van der Waals surface area contributed by atoms with Gasteiger partial charge in [0.05, 0.1) is 24.7 Å². The van der Waals surface area contributed by atoms with E-state index in [9.17, 15) is 5.11 Å². The highest BCUT2D eigenvalue weighted by molar-refractivity contribution is 7.59. The molecule has 0 amide bonds. The van der Waals surface area contributed by atoms with Crippen molar-refractivity contribution in [2.75, 3.05) is 0 Å². The molecule has 2 bridgehead atoms. The van der Waals surface area contributed by atoms with E-state index in [2.05, 4.69) is 54.4 Å². The molecule has 3 aromatic carbocycles. The number of hydrogen-bond acceptors (Lipinski definition) is 5. The number of para-hydroxylation sites is 2. The van der Waals surface area contributed by atoms with E-state index < -0.39 is 8.02 Å². The molecule has 1 saturated heterocycles. The minimum Gasteiger partial charge on any atom is -0.618 e. The second-order valence-electron chi connectivity index (χ2n) is 10.2. The van der Waals surface area contributed by atoms with Gasteiger partial charge in [0.1, 0.15) is 0 Å². The number of fused-ring (bicyclic) bond motifs is 2. The molecule has 2 aliphatic rings. The first-order valence-corrected chi connectivity index (χ1v) is 13.5. The lowest BCUT2D eigenvalue weighted by molar-refractivity contribution is -0.235. The summed E-state index contributed by atoms with van der Waals surface area (Å²) in [6.45, 7) is 7.84. The predicted octanol–water partition coefficient (Wildman–Crippen LogP) is 5.77. The summed E-state index contributed by atoms with van der Waals surface area (Å²) in [5.41, 5.74) is 1.73. The van der Waals surface area contributed by atoms with Crippen LogP contribution in [0, 0.1) is 5.41 Å². The van der Waals surface area contributed by atoms with Gasteiger partial charge in [0.15, 0.2) is 5.75 Å². The Morgan fingerprint density at radius 1 is 0.882 bits per heavy atom. The Hall–Kier alpha value is -2.43. The van der Waals surface area contributed by atoms with Gasteiger partial charge in [-0.05, 0) is 43.0 Å². The Kier molecular flexibility index (Phi) is 5.94. The number of phenolic OH excluding ortho intramolecular Hbond substituents is 1. The van der Waals surface area contributed by atoms with E-state index in [1.807, 2.05) is 36.4 Å². The molecular formula is C28H33N2O3P. The second-order valence-corrected chi connectivity index (χ2v) is 12.4. The summed E-state index contributed by atoms with van der Waals surface area (Å²) < 4.78 is 10.6. The van der Waals surface area contributed by atoms with Gasteiger partial charge in [-0.3, -0.25) is 0 Å². The zero-order valence-electron chi connectivity index (χ0n) is 20.1. The monoisotopic (exact) mass is 476 g/mol. The first kappa shape index (κ1) is 23.3. The van der Waals surface area contributed by atoms with Gasteiger partial charge in [-0.1, -0.05) is 86.6 Å². The van der Waals surface area contributed by atoms with Crippen molar-refractivity contribution in [3.05, 3.63) is 96.1 Å². The molecule has 34 heavy (non-hydrogen) atoms. The van der Waals surface area contributed by atoms with Crippen LogP contribution in [0.3, 0.4) is 0 Å². The molecule has 1 aliphatic carbocycles. The van der Waals surface area contributed by atoms with Gasteiger partial charge in [0.25, 0.3) is 0 Å². The van der Waals surface area contributed by atoms with Crippen molar-refractivity contribution in [2.24, 2.45) is 5.41 Å². The van der Waals surface area contributed by atoms with E-state index in [4.69, 9.17) is 4.52 Å². The highest BCUT2D eigenvalue weighted by Crippen LogP contribution is 2.74. The third kappa shape index (κ3) is 3.72. The molecule has 6 heteroatoms. The maximum absolute atomic E-state index is 15.3. The number of rotatable bonds is 6. The Labute approximate surface area is 203 Å². The average molecular weight is 477 g/mol. The minimum atomic E-state index is -3.60. The van der Waals surface area contributed by atoms with Crippen LogP contribution in [0.4, 0.5) is 0 Å². The number of phenols is 1. The third-order valence-electron chi connectivity index (χ3n) is 8.13. The van der Waals surface area contributed by atoms with Gasteiger partial charge in [-0.25, -0.2) is 0 Å². The molecule has 1 aliphatic heterocycles. The van der Waals surface area contributed by atoms with Crippen LogP contribution < -0.4 is 9.42 Å². The van der Waals surface area contributed by atoms with Gasteiger partial charge in [-0.2, -0.15) is 0 Å². The van der Waals surface area contributed by atoms with Crippen LogP contribution in [0.2, 0.25) is 0 Å². The van der Waals surface area contributed by atoms with Crippen LogP contribution in [0.15, 0.2) is 84.9 Å². The fourth-order valence-electron chi connectivity index (χ4n) is 5.79. The SMILES string of the molecule is CC1(C)C2CCC1(C)N(Cc1ccccc1)[P+]([O-])(Oc1ccccc1O)N2Cc1ccccc1. The minimum absolute atomic E-state index is 0.000573. The van der Waals surface area contributed by atoms with Crippen molar-refractivity contribution >= 4 is 8.02 Å². The highest BCUT2D eigenvalue weighted by Gasteiger charge is 2.71. The van der Waals surface area contributed by atoms with E-state index in [1.54, 1.807) is 24.3 Å². The number of nitrogens with zero attached hydrogens (tertiary/aromatic N) is 2. The summed E-state index contributed by atoms with van der Waals surface area (Å²) in [6, 6.07) is 27.2. The molecule has 3 atom stereocenters. The van der Waals surface area contributed by atoms with Crippen molar-refractivity contribution in [1.29, 1.82) is 0 Å². The Balaban J connectivity index is 1.65. The van der Waals surface area contributed by atoms with Gasteiger partial charge in [0.2, 0.25) is 5.75 Å². The van der Waals surface area contributed by atoms with Crippen LogP contribution in [-0.4, -0.2) is 26.0 Å². The number of aromatic hydroxyl groups is 1. The first-order chi connectivity index (χ1) is 16.3. The maximum atomic E-state index is 15.3. The molecule has 5 nitrogen and oxygen atoms in total. The van der Waals surface area contributed by atoms with Crippen LogP contribution in [-0.2, 0) is 13.1 Å². The van der Waals surface area contributed by atoms with E-state index in [0.717, 1.165) is 24.0 Å². The molecule has 1 N–H and O–H groups in total. The molecule has 1 saturated carbocycles. The lowest BCUT2D eigenvalue weighted by Gasteiger charge is -2.60. The summed E-state index contributed by atoms with van der Waals surface area (Å²) in [5, 5.41) is 10.5. The molecule has 2 fully saturated rings. The zero-order valence-corrected chi connectivity index (χ0v) is 21.0. The van der Waals surface area contributed by atoms with Crippen molar-refractivity contribution in [1.82, 2.24) is 9.34 Å². The number of hydrogen-bond donors (Lipinski definition) is 1. The smallest absolute Gasteiger partial charge is 0.304 e. The van der Waals surface area contributed by atoms with Crippen molar-refractivity contribution < 1.29 is 14.5 Å². The standard InChI is InChI=1S/C28H33N2O3P/c1-27(2)26-18-19-28(27,3)30(21-23-14-8-5-9-15-23)34(32,33-25-17-11-10-16-24(25)31)29(26)20-22-12-6-4-7-13-22/h4-17,26,31H,18-21H2,1-3H3. The van der Waals surface area contributed by atoms with E-state index in [0.29, 0.717) is 13.1 Å². The molecule has 3 aromatic rings.